The van der Waals surface area contributed by atoms with Crippen LogP contribution in [0, 0.1) is 0 Å². The van der Waals surface area contributed by atoms with E-state index in [1.54, 1.807) is 12.2 Å². The molecule has 0 unspecified atom stereocenters. The first-order valence-corrected chi connectivity index (χ1v) is 1.15. The van der Waals surface area contributed by atoms with Crippen LogP contribution in [0.1, 0.15) is 0 Å². The van der Waals surface area contributed by atoms with Crippen molar-refractivity contribution in [3.8, 4) is 0 Å². The van der Waals surface area contributed by atoms with Gasteiger partial charge in [0.25, 0.3) is 0 Å². The van der Waals surface area contributed by atoms with Crippen LogP contribution in [0.4, 0.5) is 0 Å². The van der Waals surface area contributed by atoms with Gasteiger partial charge in [0.2, 0.25) is 0 Å². The Balaban J connectivity index is -0.0000000450. The van der Waals surface area contributed by atoms with Crippen molar-refractivity contribution in [2.75, 3.05) is 0 Å². The lowest BCUT2D eigenvalue weighted by atomic mass is 10.6. The Kier molecular flexibility index (Phi) is 78.5. The summed E-state index contributed by atoms with van der Waals surface area (Å²) in [6.45, 7) is 6.72. The molecule has 0 rings (SSSR count). The summed E-state index contributed by atoms with van der Waals surface area (Å²) in [7, 11) is 0. The quantitative estimate of drug-likeness (QED) is 0.397. The Morgan fingerprint density at radius 2 is 1.00 bits per heavy atom. The largest absolute Gasteiger partial charge is 0.412 e. The van der Waals surface area contributed by atoms with Gasteiger partial charge in [-0.15, -0.1) is 0 Å². The third kappa shape index (κ3) is 122. The van der Waals surface area contributed by atoms with Gasteiger partial charge in [-0.2, -0.15) is 0 Å². The number of hydrogen-bond acceptors (Lipinski definition) is 0. The fourth-order valence-corrected chi connectivity index (χ4v) is 0. The maximum atomic E-state index is 3.36. The van der Waals surface area contributed by atoms with Gasteiger partial charge >= 0.3 is 0 Å². The summed E-state index contributed by atoms with van der Waals surface area (Å²) in [5, 5.41) is 0. The molecule has 0 aliphatic heterocycles. The van der Waals surface area contributed by atoms with Gasteiger partial charge in [0, 0.05) is 0 Å². The second-order valence-electron chi connectivity index (χ2n) is 0.471. The van der Waals surface area contributed by atoms with Crippen LogP contribution < -0.4 is 0 Å². The van der Waals surface area contributed by atoms with Crippen molar-refractivity contribution in [2.24, 2.45) is 0 Å². The van der Waals surface area contributed by atoms with E-state index in [0.29, 0.717) is 0 Å². The summed E-state index contributed by atoms with van der Waals surface area (Å²) in [6.07, 6.45) is 3.28. The van der Waals surface area contributed by atoms with Gasteiger partial charge in [0.15, 0.2) is 0 Å². The van der Waals surface area contributed by atoms with Crippen LogP contribution in [-0.2, 0) is 0 Å². The van der Waals surface area contributed by atoms with Gasteiger partial charge in [0.1, 0.15) is 0 Å². The lowest BCUT2D eigenvalue weighted by molar-refractivity contribution is 0.823. The van der Waals surface area contributed by atoms with E-state index in [9.17, 15) is 0 Å². The molecule has 0 aromatic heterocycles. The zero-order valence-electron chi connectivity index (χ0n) is 3.57. The standard InChI is InChI=1S/C4H6.2H2O/c1-3-4-2;;/h3-4H,1-2H2;2*1H2. The lowest BCUT2D eigenvalue weighted by Gasteiger charge is -1.44. The van der Waals surface area contributed by atoms with E-state index in [1.165, 1.54) is 0 Å². The van der Waals surface area contributed by atoms with E-state index in [2.05, 4.69) is 13.2 Å². The minimum atomic E-state index is 0. The highest BCUT2D eigenvalue weighted by molar-refractivity contribution is 4.88. The number of allylic oxidation sites excluding steroid dienone is 2. The molecule has 0 amide bonds. The lowest BCUT2D eigenvalue weighted by Crippen LogP contribution is -1.21. The first-order valence-electron chi connectivity index (χ1n) is 1.15. The Labute approximate surface area is 37.4 Å². The van der Waals surface area contributed by atoms with Crippen molar-refractivity contribution in [2.45, 2.75) is 0 Å². The Morgan fingerprint density at radius 3 is 1.00 bits per heavy atom. The molecule has 2 heteroatoms. The van der Waals surface area contributed by atoms with Crippen LogP contribution in [0.2, 0.25) is 0 Å². The predicted octanol–water partition coefficient (Wildman–Crippen LogP) is -0.291. The Morgan fingerprint density at radius 1 is 0.833 bits per heavy atom. The molecule has 0 bridgehead atoms. The average molecular weight is 90.1 g/mol. The number of rotatable bonds is 1. The monoisotopic (exact) mass is 90.1 g/mol. The summed E-state index contributed by atoms with van der Waals surface area (Å²) >= 11 is 0. The normalized spacial score (nSPS) is 3.33. The summed E-state index contributed by atoms with van der Waals surface area (Å²) in [6, 6.07) is 0. The minimum absolute atomic E-state index is 0. The fraction of sp³-hybridized carbons (Fsp3) is 0. The molecule has 38 valence electrons. The zero-order chi connectivity index (χ0) is 3.41. The molecule has 0 aliphatic rings. The van der Waals surface area contributed by atoms with Crippen molar-refractivity contribution < 1.29 is 11.0 Å². The average Bonchev–Trinajstić information content (AvgIpc) is 1.37. The van der Waals surface area contributed by atoms with Crippen LogP contribution in [0.15, 0.2) is 25.3 Å². The van der Waals surface area contributed by atoms with Crippen molar-refractivity contribution in [1.29, 1.82) is 0 Å². The summed E-state index contributed by atoms with van der Waals surface area (Å²) in [5.41, 5.74) is 0. The minimum Gasteiger partial charge on any atom is -0.412 e. The van der Waals surface area contributed by atoms with E-state index in [-0.39, 0.29) is 11.0 Å². The molecule has 0 saturated carbocycles. The fourth-order valence-electron chi connectivity index (χ4n) is 0. The Bertz CT molecular complexity index is 26.5. The van der Waals surface area contributed by atoms with Crippen molar-refractivity contribution in [1.82, 2.24) is 0 Å². The summed E-state index contributed by atoms with van der Waals surface area (Å²) in [4.78, 5) is 0. The highest BCUT2D eigenvalue weighted by Gasteiger charge is 1.29. The van der Waals surface area contributed by atoms with Crippen LogP contribution in [-0.4, -0.2) is 11.0 Å². The predicted molar refractivity (Wildman–Crippen MR) is 27.6 cm³/mol. The van der Waals surface area contributed by atoms with Crippen molar-refractivity contribution in [3.05, 3.63) is 25.3 Å². The van der Waals surface area contributed by atoms with E-state index >= 15 is 0 Å². The van der Waals surface area contributed by atoms with Gasteiger partial charge in [-0.3, -0.25) is 0 Å². The van der Waals surface area contributed by atoms with Gasteiger partial charge in [-0.25, -0.2) is 0 Å². The SMILES string of the molecule is C=CC=C.O.O. The molecular formula is C4H10O2. The maximum absolute atomic E-state index is 3.36. The molecule has 6 heavy (non-hydrogen) atoms. The van der Waals surface area contributed by atoms with E-state index in [0.717, 1.165) is 0 Å². The summed E-state index contributed by atoms with van der Waals surface area (Å²) in [5.74, 6) is 0. The molecule has 0 fully saturated rings. The van der Waals surface area contributed by atoms with Gasteiger partial charge in [-0.1, -0.05) is 25.3 Å². The van der Waals surface area contributed by atoms with Crippen LogP contribution in [0.25, 0.3) is 0 Å². The first-order chi connectivity index (χ1) is 1.91. The smallest absolute Gasteiger partial charge is 0.0701 e. The molecule has 4 N–H and O–H groups in total. The third-order valence-corrected chi connectivity index (χ3v) is 0.167. The molecule has 0 aliphatic carbocycles. The highest BCUT2D eigenvalue weighted by Crippen LogP contribution is 1.52. The molecule has 0 aromatic carbocycles. The van der Waals surface area contributed by atoms with Gasteiger partial charge in [-0.05, 0) is 0 Å². The second kappa shape index (κ2) is 26.0. The van der Waals surface area contributed by atoms with Crippen LogP contribution in [0.5, 0.6) is 0 Å². The molecule has 0 spiro atoms. The molecule has 0 heterocycles. The third-order valence-electron chi connectivity index (χ3n) is 0.167. The van der Waals surface area contributed by atoms with E-state index in [4.69, 9.17) is 0 Å². The molecule has 0 aromatic rings. The van der Waals surface area contributed by atoms with Crippen molar-refractivity contribution in [3.63, 3.8) is 0 Å². The molecule has 0 atom stereocenters. The van der Waals surface area contributed by atoms with E-state index in [1.807, 2.05) is 0 Å². The first kappa shape index (κ1) is 18.2. The molecule has 0 saturated heterocycles. The second-order valence-corrected chi connectivity index (χ2v) is 0.471. The van der Waals surface area contributed by atoms with Crippen LogP contribution >= 0.6 is 0 Å². The highest BCUT2D eigenvalue weighted by atomic mass is 16.0. The molecule has 2 nitrogen and oxygen atoms in total. The number of hydrogen-bond donors (Lipinski definition) is 0. The zero-order valence-corrected chi connectivity index (χ0v) is 3.57. The van der Waals surface area contributed by atoms with Gasteiger partial charge < -0.3 is 11.0 Å². The van der Waals surface area contributed by atoms with E-state index < -0.39 is 0 Å². The Hall–Kier alpha value is -0.600. The van der Waals surface area contributed by atoms with Crippen LogP contribution in [0.3, 0.4) is 0 Å². The topological polar surface area (TPSA) is 63.0 Å². The molecular weight excluding hydrogens is 80.0 g/mol. The maximum Gasteiger partial charge on any atom is -0.0701 e. The molecule has 0 radical (unpaired) electrons. The van der Waals surface area contributed by atoms with Gasteiger partial charge in [0.05, 0.1) is 0 Å². The summed E-state index contributed by atoms with van der Waals surface area (Å²) < 4.78 is 0. The van der Waals surface area contributed by atoms with Crippen molar-refractivity contribution >= 4 is 0 Å².